The lowest BCUT2D eigenvalue weighted by Gasteiger charge is -2.34. The molecule has 9 nitrogen and oxygen atoms in total. The van der Waals surface area contributed by atoms with Crippen LogP contribution < -0.4 is 10.6 Å². The predicted octanol–water partition coefficient (Wildman–Crippen LogP) is 1.65. The van der Waals surface area contributed by atoms with E-state index < -0.39 is 5.97 Å². The van der Waals surface area contributed by atoms with Crippen LogP contribution in [0.2, 0.25) is 10.0 Å². The normalized spacial score (nSPS) is 15.0. The molecule has 1 aromatic carbocycles. The summed E-state index contributed by atoms with van der Waals surface area (Å²) in [6.07, 6.45) is 0. The Hall–Kier alpha value is -2.20. The van der Waals surface area contributed by atoms with E-state index in [1.165, 1.54) is 0 Å². The fourth-order valence-corrected chi connectivity index (χ4v) is 3.26. The van der Waals surface area contributed by atoms with Gasteiger partial charge in [-0.05, 0) is 6.07 Å². The van der Waals surface area contributed by atoms with Crippen molar-refractivity contribution in [3.05, 3.63) is 28.2 Å². The van der Waals surface area contributed by atoms with Crippen LogP contribution in [0.15, 0.2) is 18.2 Å². The molecule has 3 rings (SSSR count). The summed E-state index contributed by atoms with van der Waals surface area (Å²) in [4.78, 5) is 19.0. The van der Waals surface area contributed by atoms with Crippen LogP contribution in [0.3, 0.4) is 0 Å². The fourth-order valence-electron chi connectivity index (χ4n) is 2.87. The summed E-state index contributed by atoms with van der Waals surface area (Å²) >= 11 is 12.3. The topological polar surface area (TPSA) is 118 Å². The zero-order chi connectivity index (χ0) is 20.1. The van der Waals surface area contributed by atoms with E-state index in [-0.39, 0.29) is 12.4 Å². The van der Waals surface area contributed by atoms with Crippen molar-refractivity contribution >= 4 is 40.9 Å². The Kier molecular flexibility index (Phi) is 6.84. The summed E-state index contributed by atoms with van der Waals surface area (Å²) in [6.45, 7) is 3.75. The van der Waals surface area contributed by atoms with Crippen molar-refractivity contribution in [3.8, 4) is 11.3 Å². The monoisotopic (exact) mass is 426 g/mol. The van der Waals surface area contributed by atoms with Crippen molar-refractivity contribution in [1.82, 2.24) is 20.1 Å². The average molecular weight is 427 g/mol. The van der Waals surface area contributed by atoms with Gasteiger partial charge in [-0.3, -0.25) is 4.90 Å². The van der Waals surface area contributed by atoms with E-state index in [1.807, 2.05) is 4.90 Å². The summed E-state index contributed by atoms with van der Waals surface area (Å²) in [6, 6.07) is 5.21. The molecule has 1 aromatic heterocycles. The summed E-state index contributed by atoms with van der Waals surface area (Å²) in [7, 11) is 0. The van der Waals surface area contributed by atoms with Gasteiger partial charge in [-0.2, -0.15) is 4.98 Å². The van der Waals surface area contributed by atoms with E-state index >= 15 is 0 Å². The number of aliphatic carboxylic acids is 1. The zero-order valence-corrected chi connectivity index (χ0v) is 16.5. The third-order valence-electron chi connectivity index (χ3n) is 4.34. The van der Waals surface area contributed by atoms with Crippen LogP contribution in [-0.4, -0.2) is 77.1 Å². The summed E-state index contributed by atoms with van der Waals surface area (Å²) in [5, 5.41) is 17.8. The maximum Gasteiger partial charge on any atom is 0.329 e. The molecule has 28 heavy (non-hydrogen) atoms. The standard InChI is InChI=1S/C17H20Cl2N6O3/c18-12-3-1-2-11(14(12)19)15-16(20)21-17(23-22-15)25-6-4-24(5-7-25)8-9-28-10-13(26)27/h1-3H,4-10H2,(H,26,27)(H2,20,21,23). The van der Waals surface area contributed by atoms with Crippen LogP contribution in [0.25, 0.3) is 11.3 Å². The molecule has 1 aliphatic rings. The summed E-state index contributed by atoms with van der Waals surface area (Å²) in [5.74, 6) is -0.269. The van der Waals surface area contributed by atoms with E-state index in [1.54, 1.807) is 18.2 Å². The van der Waals surface area contributed by atoms with Gasteiger partial charge in [0.1, 0.15) is 12.3 Å². The van der Waals surface area contributed by atoms with Crippen LogP contribution in [0.5, 0.6) is 0 Å². The number of hydrogen-bond acceptors (Lipinski definition) is 8. The molecule has 150 valence electrons. The van der Waals surface area contributed by atoms with Gasteiger partial charge in [0, 0.05) is 38.3 Å². The second-order valence-electron chi connectivity index (χ2n) is 6.22. The number of aromatic nitrogens is 3. The van der Waals surface area contributed by atoms with E-state index in [0.29, 0.717) is 53.5 Å². The predicted molar refractivity (Wildman–Crippen MR) is 107 cm³/mol. The van der Waals surface area contributed by atoms with E-state index in [4.69, 9.17) is 38.8 Å². The lowest BCUT2D eigenvalue weighted by molar-refractivity contribution is -0.142. The van der Waals surface area contributed by atoms with Crippen molar-refractivity contribution in [1.29, 1.82) is 0 Å². The Morgan fingerprint density at radius 2 is 1.96 bits per heavy atom. The molecule has 2 aromatic rings. The number of benzene rings is 1. The Morgan fingerprint density at radius 3 is 2.64 bits per heavy atom. The molecule has 11 heteroatoms. The number of carboxylic acids is 1. The molecule has 0 unspecified atom stereocenters. The van der Waals surface area contributed by atoms with Gasteiger partial charge in [0.05, 0.1) is 16.7 Å². The molecule has 0 radical (unpaired) electrons. The van der Waals surface area contributed by atoms with Gasteiger partial charge < -0.3 is 20.5 Å². The number of halogens is 2. The maximum atomic E-state index is 10.4. The van der Waals surface area contributed by atoms with Crippen LogP contribution in [0, 0.1) is 0 Å². The second-order valence-corrected chi connectivity index (χ2v) is 7.01. The number of carboxylic acid groups (broad SMARTS) is 1. The van der Waals surface area contributed by atoms with Crippen molar-refractivity contribution in [2.45, 2.75) is 0 Å². The van der Waals surface area contributed by atoms with E-state index in [9.17, 15) is 4.79 Å². The van der Waals surface area contributed by atoms with Crippen molar-refractivity contribution in [2.75, 3.05) is 56.6 Å². The number of rotatable bonds is 7. The molecule has 0 spiro atoms. The second kappa shape index (κ2) is 9.33. The molecule has 0 amide bonds. The first-order valence-corrected chi connectivity index (χ1v) is 9.42. The minimum atomic E-state index is -0.963. The third-order valence-corrected chi connectivity index (χ3v) is 5.16. The fraction of sp³-hybridized carbons (Fsp3) is 0.412. The molecular formula is C17H20Cl2N6O3. The van der Waals surface area contributed by atoms with Crippen molar-refractivity contribution < 1.29 is 14.6 Å². The first-order valence-electron chi connectivity index (χ1n) is 8.67. The van der Waals surface area contributed by atoms with Gasteiger partial charge in [0.2, 0.25) is 5.95 Å². The molecule has 3 N–H and O–H groups in total. The van der Waals surface area contributed by atoms with Gasteiger partial charge >= 0.3 is 5.97 Å². The lowest BCUT2D eigenvalue weighted by Crippen LogP contribution is -2.48. The molecule has 0 aliphatic carbocycles. The quantitative estimate of drug-likeness (QED) is 0.636. The highest BCUT2D eigenvalue weighted by Crippen LogP contribution is 2.34. The van der Waals surface area contributed by atoms with Crippen LogP contribution in [-0.2, 0) is 9.53 Å². The number of anilines is 2. The minimum absolute atomic E-state index is 0.235. The number of nitrogens with two attached hydrogens (primary N) is 1. The Morgan fingerprint density at radius 1 is 1.21 bits per heavy atom. The molecule has 2 heterocycles. The molecule has 1 fully saturated rings. The largest absolute Gasteiger partial charge is 0.480 e. The van der Waals surface area contributed by atoms with Gasteiger partial charge in [-0.25, -0.2) is 4.79 Å². The molecule has 1 aliphatic heterocycles. The maximum absolute atomic E-state index is 10.4. The summed E-state index contributed by atoms with van der Waals surface area (Å²) < 4.78 is 5.07. The molecule has 0 bridgehead atoms. The van der Waals surface area contributed by atoms with Gasteiger partial charge in [0.25, 0.3) is 0 Å². The number of nitrogens with zero attached hydrogens (tertiary/aromatic N) is 5. The number of piperazine rings is 1. The van der Waals surface area contributed by atoms with Gasteiger partial charge in [-0.1, -0.05) is 35.3 Å². The third kappa shape index (κ3) is 4.99. The Balaban J connectivity index is 1.59. The lowest BCUT2D eigenvalue weighted by atomic mass is 10.1. The molecule has 0 atom stereocenters. The number of ether oxygens (including phenoxy) is 1. The smallest absolute Gasteiger partial charge is 0.329 e. The molecule has 1 saturated heterocycles. The number of carbonyl (C=O) groups is 1. The molecular weight excluding hydrogens is 407 g/mol. The van der Waals surface area contributed by atoms with Crippen LogP contribution in [0.4, 0.5) is 11.8 Å². The van der Waals surface area contributed by atoms with Gasteiger partial charge in [-0.15, -0.1) is 10.2 Å². The number of nitrogen functional groups attached to an aromatic ring is 1. The average Bonchev–Trinajstić information content (AvgIpc) is 2.68. The SMILES string of the molecule is Nc1nc(N2CCN(CCOCC(=O)O)CC2)nnc1-c1cccc(Cl)c1Cl. The first-order chi connectivity index (χ1) is 13.5. The Bertz CT molecular complexity index is 846. The molecule has 0 saturated carbocycles. The minimum Gasteiger partial charge on any atom is -0.480 e. The van der Waals surface area contributed by atoms with Crippen LogP contribution >= 0.6 is 23.2 Å². The Labute approximate surface area is 172 Å². The van der Waals surface area contributed by atoms with Crippen LogP contribution in [0.1, 0.15) is 0 Å². The van der Waals surface area contributed by atoms with Crippen molar-refractivity contribution in [2.24, 2.45) is 0 Å². The van der Waals surface area contributed by atoms with E-state index in [0.717, 1.165) is 13.1 Å². The zero-order valence-electron chi connectivity index (χ0n) is 15.0. The van der Waals surface area contributed by atoms with Gasteiger partial charge in [0.15, 0.2) is 5.82 Å². The van der Waals surface area contributed by atoms with E-state index in [2.05, 4.69) is 20.1 Å². The summed E-state index contributed by atoms with van der Waals surface area (Å²) in [5.41, 5.74) is 7.08. The highest BCUT2D eigenvalue weighted by atomic mass is 35.5. The highest BCUT2D eigenvalue weighted by Gasteiger charge is 2.21. The number of hydrogen-bond donors (Lipinski definition) is 2. The highest BCUT2D eigenvalue weighted by molar-refractivity contribution is 6.43. The van der Waals surface area contributed by atoms with Crippen molar-refractivity contribution in [3.63, 3.8) is 0 Å². The first kappa shape index (κ1) is 20.5.